The molecule has 2 N–H and O–H groups in total. The zero-order chi connectivity index (χ0) is 23.3. The summed E-state index contributed by atoms with van der Waals surface area (Å²) < 4.78 is 7.82. The Labute approximate surface area is 197 Å². The van der Waals surface area contributed by atoms with E-state index in [1.807, 2.05) is 83.4 Å². The van der Waals surface area contributed by atoms with Crippen molar-refractivity contribution < 1.29 is 14.6 Å². The molecule has 170 valence electrons. The molecular weight excluding hydrogens is 426 g/mol. The van der Waals surface area contributed by atoms with Crippen molar-refractivity contribution in [3.05, 3.63) is 108 Å². The third-order valence-electron chi connectivity index (χ3n) is 5.73. The molecule has 0 spiro atoms. The number of imidazole rings is 1. The number of nitrogens with one attached hydrogen (secondary N) is 1. The summed E-state index contributed by atoms with van der Waals surface area (Å²) in [4.78, 5) is 17.2. The largest absolute Gasteiger partial charge is 0.491 e. The number of fused-ring (bicyclic) bond motifs is 2. The Morgan fingerprint density at radius 2 is 1.65 bits per heavy atom. The van der Waals surface area contributed by atoms with Gasteiger partial charge in [0.1, 0.15) is 24.3 Å². The van der Waals surface area contributed by atoms with Crippen LogP contribution in [-0.2, 0) is 13.1 Å². The fourth-order valence-electron chi connectivity index (χ4n) is 4.03. The highest BCUT2D eigenvalue weighted by Crippen LogP contribution is 2.21. The third-order valence-corrected chi connectivity index (χ3v) is 5.73. The average molecular weight is 452 g/mol. The van der Waals surface area contributed by atoms with Crippen molar-refractivity contribution in [2.24, 2.45) is 0 Å². The lowest BCUT2D eigenvalue weighted by Gasteiger charge is -2.16. The Morgan fingerprint density at radius 3 is 2.50 bits per heavy atom. The van der Waals surface area contributed by atoms with Gasteiger partial charge in [0.05, 0.1) is 24.1 Å². The van der Waals surface area contributed by atoms with Gasteiger partial charge in [0.25, 0.3) is 5.91 Å². The first kappa shape index (κ1) is 21.7. The van der Waals surface area contributed by atoms with Gasteiger partial charge in [-0.25, -0.2) is 4.98 Å². The normalized spacial score (nSPS) is 12.0. The topological polar surface area (TPSA) is 76.4 Å². The number of para-hydroxylation sites is 2. The van der Waals surface area contributed by atoms with Crippen molar-refractivity contribution in [1.29, 1.82) is 0 Å². The van der Waals surface area contributed by atoms with Crippen molar-refractivity contribution in [1.82, 2.24) is 14.9 Å². The number of aliphatic hydroxyl groups is 1. The van der Waals surface area contributed by atoms with Gasteiger partial charge >= 0.3 is 0 Å². The second-order valence-electron chi connectivity index (χ2n) is 8.15. The van der Waals surface area contributed by atoms with Crippen LogP contribution in [0.4, 0.5) is 0 Å². The zero-order valence-corrected chi connectivity index (χ0v) is 18.6. The first-order valence-electron chi connectivity index (χ1n) is 11.2. The molecule has 0 aliphatic heterocycles. The van der Waals surface area contributed by atoms with E-state index in [4.69, 9.17) is 4.74 Å². The van der Waals surface area contributed by atoms with Gasteiger partial charge in [-0.15, -0.1) is 0 Å². The highest BCUT2D eigenvalue weighted by atomic mass is 16.5. The van der Waals surface area contributed by atoms with Crippen LogP contribution in [0.1, 0.15) is 16.2 Å². The first-order valence-corrected chi connectivity index (χ1v) is 11.2. The van der Waals surface area contributed by atoms with Crippen molar-refractivity contribution in [2.75, 3.05) is 6.61 Å². The van der Waals surface area contributed by atoms with Gasteiger partial charge in [0.2, 0.25) is 0 Å². The van der Waals surface area contributed by atoms with E-state index >= 15 is 0 Å². The molecule has 1 unspecified atom stereocenters. The maximum atomic E-state index is 12.5. The molecule has 1 amide bonds. The lowest BCUT2D eigenvalue weighted by atomic mass is 10.1. The predicted molar refractivity (Wildman–Crippen MR) is 133 cm³/mol. The Kier molecular flexibility index (Phi) is 6.23. The molecule has 5 aromatic rings. The van der Waals surface area contributed by atoms with Crippen molar-refractivity contribution in [2.45, 2.75) is 19.2 Å². The number of aromatic nitrogens is 2. The number of nitrogens with zero attached hydrogens (tertiary/aromatic N) is 2. The quantitative estimate of drug-likeness (QED) is 0.363. The molecule has 6 nitrogen and oxygen atoms in total. The fourth-order valence-corrected chi connectivity index (χ4v) is 4.03. The Balaban J connectivity index is 1.29. The Morgan fingerprint density at radius 1 is 0.912 bits per heavy atom. The minimum Gasteiger partial charge on any atom is -0.491 e. The van der Waals surface area contributed by atoms with E-state index < -0.39 is 6.10 Å². The number of rotatable bonds is 8. The van der Waals surface area contributed by atoms with Gasteiger partial charge in [-0.05, 0) is 47.2 Å². The van der Waals surface area contributed by atoms with E-state index in [9.17, 15) is 9.90 Å². The maximum Gasteiger partial charge on any atom is 0.251 e. The SMILES string of the molecule is O=C(NCc1nc2ccccc2n1CC(O)COc1ccc2ccccc2c1)c1ccccc1. The average Bonchev–Trinajstić information content (AvgIpc) is 3.23. The molecule has 0 radical (unpaired) electrons. The lowest BCUT2D eigenvalue weighted by Crippen LogP contribution is -2.28. The van der Waals surface area contributed by atoms with E-state index in [1.165, 1.54) is 0 Å². The molecule has 1 aromatic heterocycles. The number of carbonyl (C=O) groups excluding carboxylic acids is 1. The summed E-state index contributed by atoms with van der Waals surface area (Å²) in [5.41, 5.74) is 2.30. The molecule has 0 bridgehead atoms. The second-order valence-corrected chi connectivity index (χ2v) is 8.15. The van der Waals surface area contributed by atoms with Gasteiger partial charge in [0.15, 0.2) is 0 Å². The molecular formula is C28H25N3O3. The van der Waals surface area contributed by atoms with Gasteiger partial charge in [-0.3, -0.25) is 4.79 Å². The molecule has 1 atom stereocenters. The van der Waals surface area contributed by atoms with E-state index in [0.717, 1.165) is 21.8 Å². The van der Waals surface area contributed by atoms with Gasteiger partial charge < -0.3 is 19.7 Å². The number of carbonyl (C=O) groups is 1. The summed E-state index contributed by atoms with van der Waals surface area (Å²) in [6, 6.07) is 30.8. The molecule has 6 heteroatoms. The minimum atomic E-state index is -0.757. The summed E-state index contributed by atoms with van der Waals surface area (Å²) in [6.07, 6.45) is -0.757. The van der Waals surface area contributed by atoms with Crippen LogP contribution in [0.15, 0.2) is 97.1 Å². The smallest absolute Gasteiger partial charge is 0.251 e. The van der Waals surface area contributed by atoms with Crippen LogP contribution >= 0.6 is 0 Å². The van der Waals surface area contributed by atoms with E-state index in [1.54, 1.807) is 12.1 Å². The number of benzene rings is 4. The molecule has 4 aromatic carbocycles. The minimum absolute atomic E-state index is 0.140. The van der Waals surface area contributed by atoms with Crippen LogP contribution < -0.4 is 10.1 Å². The van der Waals surface area contributed by atoms with Crippen molar-refractivity contribution in [3.8, 4) is 5.75 Å². The lowest BCUT2D eigenvalue weighted by molar-refractivity contribution is 0.0917. The molecule has 1 heterocycles. The van der Waals surface area contributed by atoms with Crippen molar-refractivity contribution in [3.63, 3.8) is 0 Å². The first-order chi connectivity index (χ1) is 16.7. The predicted octanol–water partition coefficient (Wildman–Crippen LogP) is 4.56. The van der Waals surface area contributed by atoms with Gasteiger partial charge in [0, 0.05) is 5.56 Å². The van der Waals surface area contributed by atoms with Gasteiger partial charge in [-0.1, -0.05) is 60.7 Å². The summed E-state index contributed by atoms with van der Waals surface area (Å²) in [5.74, 6) is 1.22. The number of hydrogen-bond acceptors (Lipinski definition) is 4. The summed E-state index contributed by atoms with van der Waals surface area (Å²) in [6.45, 7) is 0.686. The van der Waals surface area contributed by atoms with Crippen LogP contribution in [0.5, 0.6) is 5.75 Å². The van der Waals surface area contributed by atoms with Crippen LogP contribution in [0, 0.1) is 0 Å². The molecule has 34 heavy (non-hydrogen) atoms. The van der Waals surface area contributed by atoms with Crippen molar-refractivity contribution >= 4 is 27.7 Å². The fraction of sp³-hybridized carbons (Fsp3) is 0.143. The van der Waals surface area contributed by atoms with Gasteiger partial charge in [-0.2, -0.15) is 0 Å². The standard InChI is InChI=1S/C28H25N3O3/c32-23(19-34-24-15-14-20-8-4-5-11-22(20)16-24)18-31-26-13-7-6-12-25(26)30-27(31)17-29-28(33)21-9-2-1-3-10-21/h1-16,23,32H,17-19H2,(H,29,33). The summed E-state index contributed by atoms with van der Waals surface area (Å²) in [5, 5.41) is 15.9. The van der Waals surface area contributed by atoms with Crippen LogP contribution in [0.25, 0.3) is 21.8 Å². The second kappa shape index (κ2) is 9.77. The molecule has 0 saturated heterocycles. The summed E-state index contributed by atoms with van der Waals surface area (Å²) in [7, 11) is 0. The van der Waals surface area contributed by atoms with E-state index in [0.29, 0.717) is 23.7 Å². The molecule has 0 fully saturated rings. The number of amides is 1. The van der Waals surface area contributed by atoms with Crippen LogP contribution in [0.2, 0.25) is 0 Å². The Hall–Kier alpha value is -4.16. The number of ether oxygens (including phenoxy) is 1. The van der Waals surface area contributed by atoms with E-state index in [2.05, 4.69) is 16.4 Å². The number of aliphatic hydroxyl groups excluding tert-OH is 1. The monoisotopic (exact) mass is 451 g/mol. The highest BCUT2D eigenvalue weighted by molar-refractivity contribution is 5.94. The molecule has 0 saturated carbocycles. The molecule has 0 aliphatic carbocycles. The zero-order valence-electron chi connectivity index (χ0n) is 18.6. The van der Waals surface area contributed by atoms with Crippen LogP contribution in [0.3, 0.4) is 0 Å². The number of hydrogen-bond donors (Lipinski definition) is 2. The summed E-state index contributed by atoms with van der Waals surface area (Å²) >= 11 is 0. The van der Waals surface area contributed by atoms with Crippen LogP contribution in [-0.4, -0.2) is 33.3 Å². The molecule has 0 aliphatic rings. The van der Waals surface area contributed by atoms with E-state index in [-0.39, 0.29) is 19.1 Å². The third kappa shape index (κ3) is 4.77. The highest BCUT2D eigenvalue weighted by Gasteiger charge is 2.16. The Bertz CT molecular complexity index is 1430. The molecule has 5 rings (SSSR count). The maximum absolute atomic E-state index is 12.5.